The van der Waals surface area contributed by atoms with Crippen molar-refractivity contribution in [1.82, 2.24) is 0 Å². The van der Waals surface area contributed by atoms with E-state index in [4.69, 9.17) is 24.7 Å². The van der Waals surface area contributed by atoms with Crippen LogP contribution in [0.25, 0.3) is 0 Å². The topological polar surface area (TPSA) is 131 Å². The number of nitrogens with two attached hydrogens (primary N) is 1. The summed E-state index contributed by atoms with van der Waals surface area (Å²) in [5.41, 5.74) is 4.18. The number of esters is 4. The lowest BCUT2D eigenvalue weighted by Crippen LogP contribution is -2.34. The number of hydrogen-bond donors (Lipinski definition) is 1. The molecule has 9 heteroatoms. The quantitative estimate of drug-likeness (QED) is 0.492. The standard InChI is InChI=1S/C17H29NO8/c1-16(2,3)14(21)25-9-23-12(19)8-7-11(18)13(20)24-10-26-15(22)17(4,5)6/h11H,7-10,18H2,1-6H3/t11-/m0/s1. The molecule has 0 aromatic rings. The molecule has 0 aliphatic rings. The molecule has 0 amide bonds. The first-order chi connectivity index (χ1) is 11.7. The molecule has 0 aromatic carbocycles. The van der Waals surface area contributed by atoms with Crippen LogP contribution in [0.4, 0.5) is 0 Å². The Hall–Kier alpha value is -2.16. The highest BCUT2D eigenvalue weighted by molar-refractivity contribution is 5.78. The average molecular weight is 375 g/mol. The zero-order valence-corrected chi connectivity index (χ0v) is 16.2. The molecule has 0 spiro atoms. The summed E-state index contributed by atoms with van der Waals surface area (Å²) in [4.78, 5) is 46.1. The van der Waals surface area contributed by atoms with Gasteiger partial charge in [0.25, 0.3) is 0 Å². The minimum absolute atomic E-state index is 0.0297. The smallest absolute Gasteiger partial charge is 0.325 e. The average Bonchev–Trinajstić information content (AvgIpc) is 2.50. The molecule has 0 aromatic heterocycles. The van der Waals surface area contributed by atoms with Crippen LogP contribution in [0.3, 0.4) is 0 Å². The van der Waals surface area contributed by atoms with E-state index in [9.17, 15) is 19.2 Å². The van der Waals surface area contributed by atoms with E-state index >= 15 is 0 Å². The van der Waals surface area contributed by atoms with Gasteiger partial charge in [-0.15, -0.1) is 0 Å². The normalized spacial score (nSPS) is 12.7. The molecule has 0 fully saturated rings. The second kappa shape index (κ2) is 10.1. The van der Waals surface area contributed by atoms with Crippen molar-refractivity contribution in [2.75, 3.05) is 13.6 Å². The van der Waals surface area contributed by atoms with E-state index in [0.29, 0.717) is 0 Å². The molecule has 0 bridgehead atoms. The first-order valence-electron chi connectivity index (χ1n) is 8.17. The largest absolute Gasteiger partial charge is 0.428 e. The van der Waals surface area contributed by atoms with E-state index in [1.165, 1.54) is 0 Å². The minimum Gasteiger partial charge on any atom is -0.428 e. The van der Waals surface area contributed by atoms with Crippen LogP contribution in [-0.4, -0.2) is 43.5 Å². The second-order valence-corrected chi connectivity index (χ2v) is 7.72. The molecule has 0 saturated heterocycles. The summed E-state index contributed by atoms with van der Waals surface area (Å²) in [6.45, 7) is 8.93. The summed E-state index contributed by atoms with van der Waals surface area (Å²) in [5.74, 6) is -2.50. The SMILES string of the molecule is CC(C)(C)C(=O)OCOC(=O)CC[C@H](N)C(=O)OCOC(=O)C(C)(C)C. The molecule has 26 heavy (non-hydrogen) atoms. The fourth-order valence-corrected chi connectivity index (χ4v) is 1.29. The van der Waals surface area contributed by atoms with Gasteiger partial charge in [-0.2, -0.15) is 0 Å². The molecular weight excluding hydrogens is 346 g/mol. The zero-order valence-electron chi connectivity index (χ0n) is 16.2. The molecule has 0 heterocycles. The summed E-state index contributed by atoms with van der Waals surface area (Å²) < 4.78 is 19.0. The highest BCUT2D eigenvalue weighted by atomic mass is 16.7. The number of rotatable bonds is 8. The molecule has 0 aliphatic carbocycles. The maximum absolute atomic E-state index is 11.6. The van der Waals surface area contributed by atoms with Crippen molar-refractivity contribution in [2.45, 2.75) is 60.4 Å². The van der Waals surface area contributed by atoms with Crippen LogP contribution in [0, 0.1) is 10.8 Å². The molecule has 0 saturated carbocycles. The molecule has 0 aliphatic heterocycles. The summed E-state index contributed by atoms with van der Waals surface area (Å²) in [6, 6.07) is -1.08. The van der Waals surface area contributed by atoms with Crippen molar-refractivity contribution in [1.29, 1.82) is 0 Å². The Morgan fingerprint density at radius 3 is 1.62 bits per heavy atom. The van der Waals surface area contributed by atoms with E-state index < -0.39 is 54.3 Å². The highest BCUT2D eigenvalue weighted by Crippen LogP contribution is 2.15. The molecule has 0 unspecified atom stereocenters. The van der Waals surface area contributed by atoms with Crippen LogP contribution in [0.5, 0.6) is 0 Å². The van der Waals surface area contributed by atoms with Crippen molar-refractivity contribution >= 4 is 23.9 Å². The third-order valence-electron chi connectivity index (χ3n) is 2.99. The van der Waals surface area contributed by atoms with Gasteiger partial charge in [0.05, 0.1) is 10.8 Å². The maximum Gasteiger partial charge on any atom is 0.325 e. The third kappa shape index (κ3) is 9.97. The number of carbonyl (C=O) groups excluding carboxylic acids is 4. The fourth-order valence-electron chi connectivity index (χ4n) is 1.29. The van der Waals surface area contributed by atoms with Gasteiger partial charge >= 0.3 is 23.9 Å². The van der Waals surface area contributed by atoms with E-state index in [0.717, 1.165) is 0 Å². The van der Waals surface area contributed by atoms with Gasteiger partial charge < -0.3 is 24.7 Å². The Morgan fingerprint density at radius 2 is 1.19 bits per heavy atom. The minimum atomic E-state index is -1.08. The fraction of sp³-hybridized carbons (Fsp3) is 0.765. The predicted octanol–water partition coefficient (Wildman–Crippen LogP) is 1.27. The third-order valence-corrected chi connectivity index (χ3v) is 2.99. The molecule has 2 N–H and O–H groups in total. The van der Waals surface area contributed by atoms with E-state index in [2.05, 4.69) is 0 Å². The van der Waals surface area contributed by atoms with E-state index in [1.807, 2.05) is 0 Å². The van der Waals surface area contributed by atoms with Gasteiger partial charge in [0, 0.05) is 6.42 Å². The number of carbonyl (C=O) groups is 4. The molecule has 0 radical (unpaired) electrons. The van der Waals surface area contributed by atoms with Gasteiger partial charge in [-0.25, -0.2) is 0 Å². The van der Waals surface area contributed by atoms with Crippen LogP contribution >= 0.6 is 0 Å². The Kier molecular flexibility index (Phi) is 9.26. The van der Waals surface area contributed by atoms with Crippen LogP contribution < -0.4 is 5.73 Å². The lowest BCUT2D eigenvalue weighted by Gasteiger charge is -2.17. The maximum atomic E-state index is 11.6. The summed E-state index contributed by atoms with van der Waals surface area (Å²) in [5, 5.41) is 0. The van der Waals surface area contributed by atoms with Crippen LogP contribution in [0.15, 0.2) is 0 Å². The van der Waals surface area contributed by atoms with Crippen LogP contribution in [0.1, 0.15) is 54.4 Å². The highest BCUT2D eigenvalue weighted by Gasteiger charge is 2.25. The summed E-state index contributed by atoms with van der Waals surface area (Å²) in [7, 11) is 0. The van der Waals surface area contributed by atoms with Gasteiger partial charge in [-0.3, -0.25) is 19.2 Å². The molecule has 0 rings (SSSR count). The number of ether oxygens (including phenoxy) is 4. The predicted molar refractivity (Wildman–Crippen MR) is 90.2 cm³/mol. The Labute approximate surface area is 153 Å². The molecule has 1 atom stereocenters. The van der Waals surface area contributed by atoms with Crippen molar-refractivity contribution < 1.29 is 38.1 Å². The van der Waals surface area contributed by atoms with Crippen molar-refractivity contribution in [2.24, 2.45) is 16.6 Å². The van der Waals surface area contributed by atoms with Gasteiger partial charge in [0.2, 0.25) is 13.6 Å². The van der Waals surface area contributed by atoms with Crippen LogP contribution in [0.2, 0.25) is 0 Å². The van der Waals surface area contributed by atoms with Crippen molar-refractivity contribution in [3.05, 3.63) is 0 Å². The lowest BCUT2D eigenvalue weighted by molar-refractivity contribution is -0.174. The van der Waals surface area contributed by atoms with E-state index in [-0.39, 0.29) is 12.8 Å². The van der Waals surface area contributed by atoms with Gasteiger partial charge in [-0.1, -0.05) is 0 Å². The number of hydrogen-bond acceptors (Lipinski definition) is 9. The summed E-state index contributed by atoms with van der Waals surface area (Å²) in [6.07, 6.45) is -0.191. The Morgan fingerprint density at radius 1 is 0.769 bits per heavy atom. The Bertz CT molecular complexity index is 516. The van der Waals surface area contributed by atoms with Gasteiger partial charge in [-0.05, 0) is 48.0 Å². The molecule has 9 nitrogen and oxygen atoms in total. The lowest BCUT2D eigenvalue weighted by atomic mass is 9.97. The van der Waals surface area contributed by atoms with Crippen molar-refractivity contribution in [3.8, 4) is 0 Å². The molecular formula is C17H29NO8. The van der Waals surface area contributed by atoms with Crippen molar-refractivity contribution in [3.63, 3.8) is 0 Å². The first-order valence-corrected chi connectivity index (χ1v) is 8.17. The summed E-state index contributed by atoms with van der Waals surface area (Å²) >= 11 is 0. The van der Waals surface area contributed by atoms with E-state index in [1.54, 1.807) is 41.5 Å². The van der Waals surface area contributed by atoms with Gasteiger partial charge in [0.1, 0.15) is 6.04 Å². The second-order valence-electron chi connectivity index (χ2n) is 7.72. The Balaban J connectivity index is 4.00. The monoisotopic (exact) mass is 375 g/mol. The zero-order chi connectivity index (χ0) is 20.5. The van der Waals surface area contributed by atoms with Gasteiger partial charge in [0.15, 0.2) is 0 Å². The first kappa shape index (κ1) is 23.8. The molecule has 150 valence electrons. The van der Waals surface area contributed by atoms with Crippen LogP contribution in [-0.2, 0) is 38.1 Å².